The van der Waals surface area contributed by atoms with Gasteiger partial charge >= 0.3 is 0 Å². The zero-order chi connectivity index (χ0) is 15.9. The Morgan fingerprint density at radius 2 is 2.05 bits per heavy atom. The van der Waals surface area contributed by atoms with Crippen molar-refractivity contribution in [2.24, 2.45) is 0 Å². The van der Waals surface area contributed by atoms with E-state index in [0.29, 0.717) is 25.7 Å². The van der Waals surface area contributed by atoms with Gasteiger partial charge in [0.15, 0.2) is 0 Å². The summed E-state index contributed by atoms with van der Waals surface area (Å²) in [6.07, 6.45) is 0. The molecule has 3 aromatic rings. The van der Waals surface area contributed by atoms with Gasteiger partial charge in [0.05, 0.1) is 11.3 Å². The molecule has 1 N–H and O–H groups in total. The molecule has 0 unspecified atom stereocenters. The van der Waals surface area contributed by atoms with E-state index in [4.69, 9.17) is 11.6 Å². The molecule has 1 aromatic heterocycles. The second-order valence-electron chi connectivity index (χ2n) is 4.83. The summed E-state index contributed by atoms with van der Waals surface area (Å²) in [6.45, 7) is 1.97. The fourth-order valence-corrected chi connectivity index (χ4v) is 4.14. The number of carbonyl (C=O) groups excluding carboxylic acids is 1. The van der Waals surface area contributed by atoms with Gasteiger partial charge in [-0.25, -0.2) is 4.39 Å². The molecule has 2 aromatic carbocycles. The smallest absolute Gasteiger partial charge is 0.258 e. The van der Waals surface area contributed by atoms with Crippen molar-refractivity contribution in [3.05, 3.63) is 62.2 Å². The summed E-state index contributed by atoms with van der Waals surface area (Å²) in [5.41, 5.74) is 2.11. The average molecular weight is 399 g/mol. The maximum atomic E-state index is 13.3. The highest BCUT2D eigenvalue weighted by Gasteiger charge is 2.19. The van der Waals surface area contributed by atoms with Gasteiger partial charge in [0.25, 0.3) is 5.91 Å². The molecule has 3 rings (SSSR count). The molecule has 1 amide bonds. The zero-order valence-electron chi connectivity index (χ0n) is 11.4. The number of hydrogen-bond donors (Lipinski definition) is 1. The predicted molar refractivity (Wildman–Crippen MR) is 93.6 cm³/mol. The number of aryl methyl sites for hydroxylation is 1. The lowest BCUT2D eigenvalue weighted by Crippen LogP contribution is -2.12. The fraction of sp³-hybridized carbons (Fsp3) is 0.0625. The van der Waals surface area contributed by atoms with Gasteiger partial charge in [-0.05, 0) is 58.7 Å². The number of nitrogens with one attached hydrogen (secondary N) is 1. The molecule has 1 heterocycles. The Kier molecular flexibility index (Phi) is 4.21. The van der Waals surface area contributed by atoms with Crippen LogP contribution in [-0.4, -0.2) is 5.91 Å². The Morgan fingerprint density at radius 1 is 1.27 bits per heavy atom. The van der Waals surface area contributed by atoms with E-state index in [0.717, 1.165) is 10.0 Å². The van der Waals surface area contributed by atoms with Crippen molar-refractivity contribution in [3.63, 3.8) is 0 Å². The predicted octanol–water partition coefficient (Wildman–Crippen LogP) is 6.02. The van der Waals surface area contributed by atoms with Gasteiger partial charge in [0.2, 0.25) is 0 Å². The van der Waals surface area contributed by atoms with Crippen LogP contribution in [0.1, 0.15) is 15.9 Å². The Morgan fingerprint density at radius 3 is 2.77 bits per heavy atom. The molecule has 0 atom stereocenters. The summed E-state index contributed by atoms with van der Waals surface area (Å²) in [7, 11) is 0. The number of benzene rings is 2. The molecule has 0 bridgehead atoms. The molecule has 22 heavy (non-hydrogen) atoms. The van der Waals surface area contributed by atoms with Crippen molar-refractivity contribution in [1.29, 1.82) is 0 Å². The SMILES string of the molecule is Cc1ccc(NC(=O)c2c(Cl)sc3cc(F)ccc23)c(Br)c1. The standard InChI is InChI=1S/C16H10BrClFNOS/c1-8-2-5-12(11(17)6-8)20-16(21)14-10-4-3-9(19)7-13(10)22-15(14)18/h2-7H,1H3,(H,20,21). The van der Waals surface area contributed by atoms with E-state index >= 15 is 0 Å². The molecular weight excluding hydrogens is 389 g/mol. The van der Waals surface area contributed by atoms with E-state index in [-0.39, 0.29) is 11.7 Å². The molecule has 0 radical (unpaired) electrons. The van der Waals surface area contributed by atoms with Crippen LogP contribution in [0.15, 0.2) is 40.9 Å². The first-order valence-corrected chi connectivity index (χ1v) is 8.39. The van der Waals surface area contributed by atoms with Crippen LogP contribution in [0.3, 0.4) is 0 Å². The van der Waals surface area contributed by atoms with Gasteiger partial charge < -0.3 is 5.32 Å². The van der Waals surface area contributed by atoms with Crippen LogP contribution in [0, 0.1) is 12.7 Å². The summed E-state index contributed by atoms with van der Waals surface area (Å²) >= 11 is 10.8. The third kappa shape index (κ3) is 2.89. The first kappa shape index (κ1) is 15.5. The average Bonchev–Trinajstić information content (AvgIpc) is 2.76. The minimum absolute atomic E-state index is 0.313. The molecule has 112 valence electrons. The molecule has 2 nitrogen and oxygen atoms in total. The number of fused-ring (bicyclic) bond motifs is 1. The normalized spacial score (nSPS) is 10.9. The van der Waals surface area contributed by atoms with Gasteiger partial charge in [0, 0.05) is 14.6 Å². The quantitative estimate of drug-likeness (QED) is 0.562. The van der Waals surface area contributed by atoms with Gasteiger partial charge in [-0.2, -0.15) is 0 Å². The molecular formula is C16H10BrClFNOS. The molecule has 0 saturated carbocycles. The first-order chi connectivity index (χ1) is 10.5. The number of anilines is 1. The second-order valence-corrected chi connectivity index (χ2v) is 7.34. The number of amides is 1. The second kappa shape index (κ2) is 5.99. The highest BCUT2D eigenvalue weighted by atomic mass is 79.9. The van der Waals surface area contributed by atoms with Crippen LogP contribution >= 0.6 is 38.9 Å². The third-order valence-corrected chi connectivity index (χ3v) is 5.23. The maximum Gasteiger partial charge on any atom is 0.258 e. The Labute approximate surface area is 144 Å². The van der Waals surface area contributed by atoms with Crippen molar-refractivity contribution in [3.8, 4) is 0 Å². The summed E-state index contributed by atoms with van der Waals surface area (Å²) < 4.78 is 15.1. The number of hydrogen-bond acceptors (Lipinski definition) is 2. The monoisotopic (exact) mass is 397 g/mol. The highest BCUT2D eigenvalue weighted by molar-refractivity contribution is 9.10. The van der Waals surface area contributed by atoms with Gasteiger partial charge in [-0.3, -0.25) is 4.79 Å². The largest absolute Gasteiger partial charge is 0.321 e. The first-order valence-electron chi connectivity index (χ1n) is 6.41. The van der Waals surface area contributed by atoms with Crippen LogP contribution in [0.2, 0.25) is 4.34 Å². The van der Waals surface area contributed by atoms with Crippen LogP contribution in [-0.2, 0) is 0 Å². The molecule has 0 aliphatic rings. The summed E-state index contributed by atoms with van der Waals surface area (Å²) in [6, 6.07) is 9.92. The van der Waals surface area contributed by atoms with Gasteiger partial charge in [0.1, 0.15) is 10.2 Å². The van der Waals surface area contributed by atoms with Crippen LogP contribution in [0.5, 0.6) is 0 Å². The number of halogens is 3. The molecule has 0 spiro atoms. The van der Waals surface area contributed by atoms with Crippen LogP contribution in [0.4, 0.5) is 10.1 Å². The van der Waals surface area contributed by atoms with Crippen molar-refractivity contribution in [2.45, 2.75) is 6.92 Å². The zero-order valence-corrected chi connectivity index (χ0v) is 14.6. The van der Waals surface area contributed by atoms with Crippen molar-refractivity contribution in [2.75, 3.05) is 5.32 Å². The Bertz CT molecular complexity index is 893. The van der Waals surface area contributed by atoms with E-state index in [1.165, 1.54) is 23.5 Å². The van der Waals surface area contributed by atoms with Gasteiger partial charge in [-0.15, -0.1) is 11.3 Å². The lowest BCUT2D eigenvalue weighted by Gasteiger charge is -2.08. The maximum absolute atomic E-state index is 13.3. The molecule has 0 fully saturated rings. The highest BCUT2D eigenvalue weighted by Crippen LogP contribution is 2.36. The minimum atomic E-state index is -0.348. The lowest BCUT2D eigenvalue weighted by molar-refractivity contribution is 0.102. The van der Waals surface area contributed by atoms with Gasteiger partial charge in [-0.1, -0.05) is 17.7 Å². The van der Waals surface area contributed by atoms with E-state index in [9.17, 15) is 9.18 Å². The van der Waals surface area contributed by atoms with Crippen molar-refractivity contribution < 1.29 is 9.18 Å². The number of carbonyl (C=O) groups is 1. The lowest BCUT2D eigenvalue weighted by atomic mass is 10.1. The van der Waals surface area contributed by atoms with E-state index in [1.54, 1.807) is 6.07 Å². The van der Waals surface area contributed by atoms with E-state index in [2.05, 4.69) is 21.2 Å². The summed E-state index contributed by atoms with van der Waals surface area (Å²) in [5, 5.41) is 3.48. The van der Waals surface area contributed by atoms with E-state index in [1.807, 2.05) is 25.1 Å². The summed E-state index contributed by atoms with van der Waals surface area (Å²) in [5.74, 6) is -0.661. The number of rotatable bonds is 2. The fourth-order valence-electron chi connectivity index (χ4n) is 2.16. The summed E-state index contributed by atoms with van der Waals surface area (Å²) in [4.78, 5) is 12.5. The van der Waals surface area contributed by atoms with Crippen molar-refractivity contribution >= 4 is 60.5 Å². The topological polar surface area (TPSA) is 29.1 Å². The van der Waals surface area contributed by atoms with E-state index < -0.39 is 0 Å². The molecule has 0 aliphatic heterocycles. The third-order valence-electron chi connectivity index (χ3n) is 3.21. The molecule has 0 aliphatic carbocycles. The molecule has 6 heteroatoms. The van der Waals surface area contributed by atoms with Crippen LogP contribution < -0.4 is 5.32 Å². The van der Waals surface area contributed by atoms with Crippen molar-refractivity contribution in [1.82, 2.24) is 0 Å². The minimum Gasteiger partial charge on any atom is -0.321 e. The Hall–Kier alpha value is -1.43. The molecule has 0 saturated heterocycles. The Balaban J connectivity index is 2.00. The van der Waals surface area contributed by atoms with Crippen LogP contribution in [0.25, 0.3) is 10.1 Å². The number of thiophene rings is 1.